The topological polar surface area (TPSA) is 78.7 Å². The highest BCUT2D eigenvalue weighted by Crippen LogP contribution is 2.42. The molecule has 1 aliphatic carbocycles. The Kier molecular flexibility index (Phi) is 5.84. The molecule has 3 fully saturated rings. The SMILES string of the molecule is Cn1cnc(S(=O)(=O)N2CCCCN3[C@@H](CO)[C@H](c4ccc(C#CC5CC5)cc4)[C@@H]3C2)c1. The molecule has 1 saturated carbocycles. The zero-order valence-electron chi connectivity index (χ0n) is 18.4. The zero-order valence-corrected chi connectivity index (χ0v) is 19.2. The summed E-state index contributed by atoms with van der Waals surface area (Å²) in [6.07, 6.45) is 7.20. The van der Waals surface area contributed by atoms with Crippen molar-refractivity contribution in [1.29, 1.82) is 0 Å². The minimum atomic E-state index is -3.66. The molecule has 8 heteroatoms. The van der Waals surface area contributed by atoms with Gasteiger partial charge in [0.25, 0.3) is 10.0 Å². The molecule has 3 aliphatic rings. The van der Waals surface area contributed by atoms with Crippen molar-refractivity contribution in [3.63, 3.8) is 0 Å². The number of fused-ring (bicyclic) bond motifs is 1. The lowest BCUT2D eigenvalue weighted by Gasteiger charge is -2.57. The van der Waals surface area contributed by atoms with Gasteiger partial charge in [-0.05, 0) is 49.9 Å². The van der Waals surface area contributed by atoms with Gasteiger partial charge in [-0.25, -0.2) is 13.4 Å². The van der Waals surface area contributed by atoms with E-state index in [-0.39, 0.29) is 29.6 Å². The molecule has 2 aliphatic heterocycles. The average molecular weight is 455 g/mol. The predicted octanol–water partition coefficient (Wildman–Crippen LogP) is 1.79. The third-order valence-electron chi connectivity index (χ3n) is 6.91. The van der Waals surface area contributed by atoms with Gasteiger partial charge in [-0.2, -0.15) is 4.31 Å². The molecular formula is C24H30N4O3S. The van der Waals surface area contributed by atoms with E-state index < -0.39 is 10.0 Å². The van der Waals surface area contributed by atoms with Gasteiger partial charge in [0.15, 0.2) is 5.03 Å². The maximum atomic E-state index is 13.3. The summed E-state index contributed by atoms with van der Waals surface area (Å²) in [6.45, 7) is 1.85. The van der Waals surface area contributed by atoms with Crippen molar-refractivity contribution in [3.05, 3.63) is 47.9 Å². The van der Waals surface area contributed by atoms with Gasteiger partial charge in [-0.3, -0.25) is 4.90 Å². The molecule has 2 aromatic rings. The van der Waals surface area contributed by atoms with Crippen molar-refractivity contribution >= 4 is 10.0 Å². The van der Waals surface area contributed by atoms with Crippen molar-refractivity contribution < 1.29 is 13.5 Å². The van der Waals surface area contributed by atoms with Crippen LogP contribution in [0.25, 0.3) is 0 Å². The largest absolute Gasteiger partial charge is 0.395 e. The lowest BCUT2D eigenvalue weighted by Crippen LogP contribution is -2.67. The first kappa shape index (κ1) is 21.7. The molecule has 1 N–H and O–H groups in total. The maximum absolute atomic E-state index is 13.3. The van der Waals surface area contributed by atoms with Crippen molar-refractivity contribution in [2.24, 2.45) is 13.0 Å². The third kappa shape index (κ3) is 4.11. The summed E-state index contributed by atoms with van der Waals surface area (Å²) in [5.74, 6) is 7.19. The fourth-order valence-corrected chi connectivity index (χ4v) is 6.45. The number of nitrogens with zero attached hydrogens (tertiary/aromatic N) is 4. The molecule has 1 aromatic heterocycles. The van der Waals surface area contributed by atoms with Gasteiger partial charge >= 0.3 is 0 Å². The Hall–Kier alpha value is -2.18. The van der Waals surface area contributed by atoms with Crippen molar-refractivity contribution in [1.82, 2.24) is 18.8 Å². The van der Waals surface area contributed by atoms with Crippen LogP contribution in [0, 0.1) is 17.8 Å². The van der Waals surface area contributed by atoms with Crippen LogP contribution in [-0.2, 0) is 17.1 Å². The van der Waals surface area contributed by atoms with Gasteiger partial charge in [-0.15, -0.1) is 0 Å². The molecule has 2 saturated heterocycles. The normalized spacial score (nSPS) is 26.9. The maximum Gasteiger partial charge on any atom is 0.262 e. The van der Waals surface area contributed by atoms with Crippen LogP contribution in [-0.4, -0.2) is 70.6 Å². The lowest BCUT2D eigenvalue weighted by molar-refractivity contribution is -0.0554. The van der Waals surface area contributed by atoms with E-state index in [0.29, 0.717) is 19.0 Å². The lowest BCUT2D eigenvalue weighted by atomic mass is 9.74. The van der Waals surface area contributed by atoms with E-state index in [0.717, 1.165) is 30.5 Å². The van der Waals surface area contributed by atoms with Crippen LogP contribution in [0.5, 0.6) is 0 Å². The van der Waals surface area contributed by atoms with E-state index in [4.69, 9.17) is 0 Å². The minimum absolute atomic E-state index is 0.0147. The Bertz CT molecular complexity index is 1130. The van der Waals surface area contributed by atoms with Crippen molar-refractivity contribution in [2.45, 2.75) is 48.7 Å². The number of hydrogen-bond acceptors (Lipinski definition) is 5. The number of benzene rings is 1. The Balaban J connectivity index is 1.39. The molecule has 0 bridgehead atoms. The average Bonchev–Trinajstić information content (AvgIpc) is 3.49. The van der Waals surface area contributed by atoms with Gasteiger partial charge in [0, 0.05) is 55.8 Å². The predicted molar refractivity (Wildman–Crippen MR) is 121 cm³/mol. The molecule has 3 atom stereocenters. The van der Waals surface area contributed by atoms with Crippen molar-refractivity contribution in [2.75, 3.05) is 26.2 Å². The molecule has 170 valence electrons. The highest BCUT2D eigenvalue weighted by Gasteiger charge is 2.50. The number of aromatic nitrogens is 2. The molecular weight excluding hydrogens is 424 g/mol. The Labute approximate surface area is 190 Å². The third-order valence-corrected chi connectivity index (χ3v) is 8.66. The summed E-state index contributed by atoms with van der Waals surface area (Å²) in [6, 6.07) is 8.34. The standard InChI is InChI=1S/C24H30N4O3S/c1-26-15-23(25-17-26)32(30,31)27-12-2-3-13-28-21(14-27)24(22(28)16-29)20-10-8-19(9-11-20)7-6-18-4-5-18/h8-11,15,17-18,21-22,24,29H,2-5,12-14,16H2,1H3/t21-,22-,24+/m0/s1. The zero-order chi connectivity index (χ0) is 22.3. The van der Waals surface area contributed by atoms with Crippen LogP contribution >= 0.6 is 0 Å². The van der Waals surface area contributed by atoms with E-state index in [1.807, 2.05) is 12.1 Å². The number of imidazole rings is 1. The first-order valence-corrected chi connectivity index (χ1v) is 12.9. The highest BCUT2D eigenvalue weighted by atomic mass is 32.2. The number of aryl methyl sites for hydroxylation is 1. The number of sulfonamides is 1. The Morgan fingerprint density at radius 2 is 1.91 bits per heavy atom. The van der Waals surface area contributed by atoms with E-state index >= 15 is 0 Å². The first-order chi connectivity index (χ1) is 15.5. The smallest absolute Gasteiger partial charge is 0.262 e. The molecule has 1 aromatic carbocycles. The monoisotopic (exact) mass is 454 g/mol. The van der Waals surface area contributed by atoms with E-state index in [1.54, 1.807) is 22.1 Å². The van der Waals surface area contributed by atoms with E-state index in [2.05, 4.69) is 33.9 Å². The number of rotatable bonds is 4. The summed E-state index contributed by atoms with van der Waals surface area (Å²) >= 11 is 0. The van der Waals surface area contributed by atoms with Gasteiger partial charge in [-0.1, -0.05) is 24.0 Å². The fraction of sp³-hybridized carbons (Fsp3) is 0.542. The summed E-state index contributed by atoms with van der Waals surface area (Å²) < 4.78 is 29.8. The summed E-state index contributed by atoms with van der Waals surface area (Å²) in [4.78, 5) is 6.38. The molecule has 0 radical (unpaired) electrons. The summed E-state index contributed by atoms with van der Waals surface area (Å²) in [7, 11) is -1.88. The van der Waals surface area contributed by atoms with Crippen LogP contribution in [0.1, 0.15) is 42.7 Å². The Morgan fingerprint density at radius 3 is 2.56 bits per heavy atom. The Morgan fingerprint density at radius 1 is 1.16 bits per heavy atom. The minimum Gasteiger partial charge on any atom is -0.395 e. The van der Waals surface area contributed by atoms with E-state index in [1.165, 1.54) is 19.2 Å². The quantitative estimate of drug-likeness (QED) is 0.713. The fourth-order valence-electron chi connectivity index (χ4n) is 4.98. The molecule has 5 rings (SSSR count). The van der Waals surface area contributed by atoms with Crippen LogP contribution in [0.4, 0.5) is 0 Å². The summed E-state index contributed by atoms with van der Waals surface area (Å²) in [5, 5.41) is 10.2. The van der Waals surface area contributed by atoms with Crippen molar-refractivity contribution in [3.8, 4) is 11.8 Å². The molecule has 7 nitrogen and oxygen atoms in total. The van der Waals surface area contributed by atoms with Gasteiger partial charge in [0.2, 0.25) is 0 Å². The van der Waals surface area contributed by atoms with Gasteiger partial charge in [0.1, 0.15) is 0 Å². The van der Waals surface area contributed by atoms with Gasteiger partial charge in [0.05, 0.1) is 12.9 Å². The van der Waals surface area contributed by atoms with Gasteiger partial charge < -0.3 is 9.67 Å². The van der Waals surface area contributed by atoms with Crippen LogP contribution in [0.3, 0.4) is 0 Å². The van der Waals surface area contributed by atoms with Crippen LogP contribution in [0.2, 0.25) is 0 Å². The second-order valence-corrected chi connectivity index (χ2v) is 11.1. The van der Waals surface area contributed by atoms with Crippen LogP contribution in [0.15, 0.2) is 41.8 Å². The molecule has 0 spiro atoms. The molecule has 0 amide bonds. The first-order valence-electron chi connectivity index (χ1n) is 11.4. The number of aliphatic hydroxyl groups is 1. The molecule has 32 heavy (non-hydrogen) atoms. The molecule has 3 heterocycles. The highest BCUT2D eigenvalue weighted by molar-refractivity contribution is 7.89. The molecule has 0 unspecified atom stereocenters. The second-order valence-electron chi connectivity index (χ2n) is 9.19. The number of aliphatic hydroxyl groups excluding tert-OH is 1. The second kappa shape index (κ2) is 8.64. The van der Waals surface area contributed by atoms with E-state index in [9.17, 15) is 13.5 Å². The van der Waals surface area contributed by atoms with Crippen LogP contribution < -0.4 is 0 Å². The summed E-state index contributed by atoms with van der Waals surface area (Å²) in [5.41, 5.74) is 2.15. The number of hydrogen-bond donors (Lipinski definition) is 1.